The summed E-state index contributed by atoms with van der Waals surface area (Å²) in [7, 11) is 1.97. The highest BCUT2D eigenvalue weighted by Gasteiger charge is 2.07. The fraction of sp³-hybridized carbons (Fsp3) is 0.143. The van der Waals surface area contributed by atoms with Gasteiger partial charge in [-0.1, -0.05) is 17.7 Å². The van der Waals surface area contributed by atoms with E-state index in [-0.39, 0.29) is 0 Å². The van der Waals surface area contributed by atoms with Crippen LogP contribution in [0.1, 0.15) is 5.82 Å². The molecule has 1 N–H and O–H groups in total. The summed E-state index contributed by atoms with van der Waals surface area (Å²) >= 11 is 5.95. The Labute approximate surface area is 116 Å². The minimum atomic E-state index is 0.632. The number of aromatic nitrogens is 3. The lowest BCUT2D eigenvalue weighted by molar-refractivity contribution is 0.826. The molecule has 96 valence electrons. The molecule has 0 atom stereocenters. The molecule has 3 aromatic rings. The molecule has 2 aromatic heterocycles. The number of anilines is 1. The minimum absolute atomic E-state index is 0.632. The van der Waals surface area contributed by atoms with Gasteiger partial charge in [-0.05, 0) is 30.3 Å². The van der Waals surface area contributed by atoms with Gasteiger partial charge in [0.2, 0.25) is 0 Å². The molecule has 0 spiro atoms. The molecule has 0 fully saturated rings. The van der Waals surface area contributed by atoms with Crippen LogP contribution >= 0.6 is 11.6 Å². The Kier molecular flexibility index (Phi) is 3.09. The largest absolute Gasteiger partial charge is 0.378 e. The monoisotopic (exact) mass is 272 g/mol. The van der Waals surface area contributed by atoms with Crippen LogP contribution in [0.5, 0.6) is 0 Å². The van der Waals surface area contributed by atoms with Crippen LogP contribution in [0, 0.1) is 0 Å². The van der Waals surface area contributed by atoms with Crippen molar-refractivity contribution in [2.24, 2.45) is 7.05 Å². The molecule has 0 aliphatic carbocycles. The summed E-state index contributed by atoms with van der Waals surface area (Å²) in [5, 5.41) is 4.03. The van der Waals surface area contributed by atoms with E-state index >= 15 is 0 Å². The van der Waals surface area contributed by atoms with Gasteiger partial charge in [0.25, 0.3) is 0 Å². The summed E-state index contributed by atoms with van der Waals surface area (Å²) in [5.41, 5.74) is 2.78. The first-order chi connectivity index (χ1) is 9.24. The standard InChI is InChI=1S/C14H13ClN4/c1-19-13(18-12-6-3-7-16-14(12)19)9-17-11-5-2-4-10(15)8-11/h2-8,17H,9H2,1H3. The van der Waals surface area contributed by atoms with E-state index in [0.717, 1.165) is 27.7 Å². The van der Waals surface area contributed by atoms with Gasteiger partial charge in [-0.3, -0.25) is 0 Å². The highest BCUT2D eigenvalue weighted by Crippen LogP contribution is 2.17. The summed E-state index contributed by atoms with van der Waals surface area (Å²) in [6.07, 6.45) is 1.78. The topological polar surface area (TPSA) is 42.7 Å². The Morgan fingerprint density at radius 3 is 2.95 bits per heavy atom. The number of nitrogens with zero attached hydrogens (tertiary/aromatic N) is 3. The second kappa shape index (κ2) is 4.90. The van der Waals surface area contributed by atoms with E-state index in [1.54, 1.807) is 6.20 Å². The zero-order valence-corrected chi connectivity index (χ0v) is 11.2. The summed E-state index contributed by atoms with van der Waals surface area (Å²) in [4.78, 5) is 8.88. The number of nitrogens with one attached hydrogen (secondary N) is 1. The zero-order valence-electron chi connectivity index (χ0n) is 10.5. The molecule has 4 nitrogen and oxygen atoms in total. The van der Waals surface area contributed by atoms with Gasteiger partial charge in [-0.15, -0.1) is 0 Å². The molecule has 0 bridgehead atoms. The minimum Gasteiger partial charge on any atom is -0.378 e. The van der Waals surface area contributed by atoms with Crippen LogP contribution in [0.3, 0.4) is 0 Å². The Bertz CT molecular complexity index is 720. The molecule has 0 saturated carbocycles. The number of hydrogen-bond donors (Lipinski definition) is 1. The number of aryl methyl sites for hydroxylation is 1. The van der Waals surface area contributed by atoms with Crippen molar-refractivity contribution in [1.82, 2.24) is 14.5 Å². The van der Waals surface area contributed by atoms with Crippen LogP contribution in [-0.4, -0.2) is 14.5 Å². The molecule has 0 saturated heterocycles. The number of halogens is 1. The summed E-state index contributed by atoms with van der Waals surface area (Å²) < 4.78 is 1.99. The predicted octanol–water partition coefficient (Wildman–Crippen LogP) is 3.23. The SMILES string of the molecule is Cn1c(CNc2cccc(Cl)c2)nc2cccnc21. The first-order valence-electron chi connectivity index (χ1n) is 6.00. The second-order valence-corrected chi connectivity index (χ2v) is 4.73. The Balaban J connectivity index is 1.84. The molecule has 0 aliphatic heterocycles. The lowest BCUT2D eigenvalue weighted by atomic mass is 10.3. The van der Waals surface area contributed by atoms with E-state index in [9.17, 15) is 0 Å². The number of benzene rings is 1. The highest BCUT2D eigenvalue weighted by atomic mass is 35.5. The van der Waals surface area contributed by atoms with Crippen molar-refractivity contribution in [2.75, 3.05) is 5.32 Å². The van der Waals surface area contributed by atoms with Gasteiger partial charge in [-0.25, -0.2) is 9.97 Å². The lowest BCUT2D eigenvalue weighted by Crippen LogP contribution is -2.06. The Hall–Kier alpha value is -2.07. The van der Waals surface area contributed by atoms with Crippen LogP contribution in [-0.2, 0) is 13.6 Å². The fourth-order valence-electron chi connectivity index (χ4n) is 2.01. The van der Waals surface area contributed by atoms with Gasteiger partial charge in [-0.2, -0.15) is 0 Å². The molecule has 2 heterocycles. The average Bonchev–Trinajstić information content (AvgIpc) is 2.74. The number of rotatable bonds is 3. The molecule has 0 radical (unpaired) electrons. The van der Waals surface area contributed by atoms with Crippen molar-refractivity contribution in [3.05, 3.63) is 53.4 Å². The van der Waals surface area contributed by atoms with Crippen molar-refractivity contribution in [3.63, 3.8) is 0 Å². The normalized spacial score (nSPS) is 10.8. The van der Waals surface area contributed by atoms with E-state index in [1.807, 2.05) is 48.0 Å². The highest BCUT2D eigenvalue weighted by molar-refractivity contribution is 6.30. The number of pyridine rings is 1. The third-order valence-electron chi connectivity index (χ3n) is 3.00. The zero-order chi connectivity index (χ0) is 13.2. The van der Waals surface area contributed by atoms with Crippen LogP contribution in [0.2, 0.25) is 5.02 Å². The lowest BCUT2D eigenvalue weighted by Gasteiger charge is -2.06. The van der Waals surface area contributed by atoms with Gasteiger partial charge in [0.1, 0.15) is 11.3 Å². The van der Waals surface area contributed by atoms with Gasteiger partial charge < -0.3 is 9.88 Å². The van der Waals surface area contributed by atoms with Crippen LogP contribution in [0.15, 0.2) is 42.6 Å². The van der Waals surface area contributed by atoms with Crippen LogP contribution in [0.4, 0.5) is 5.69 Å². The smallest absolute Gasteiger partial charge is 0.159 e. The average molecular weight is 273 g/mol. The third-order valence-corrected chi connectivity index (χ3v) is 3.23. The molecular weight excluding hydrogens is 260 g/mol. The maximum Gasteiger partial charge on any atom is 0.159 e. The fourth-order valence-corrected chi connectivity index (χ4v) is 2.20. The Morgan fingerprint density at radius 2 is 2.16 bits per heavy atom. The molecule has 0 unspecified atom stereocenters. The maximum absolute atomic E-state index is 5.95. The van der Waals surface area contributed by atoms with E-state index in [1.165, 1.54) is 0 Å². The third kappa shape index (κ3) is 2.39. The summed E-state index contributed by atoms with van der Waals surface area (Å²) in [6.45, 7) is 0.632. The number of imidazole rings is 1. The van der Waals surface area contributed by atoms with Gasteiger partial charge in [0, 0.05) is 24.0 Å². The van der Waals surface area contributed by atoms with Crippen molar-refractivity contribution in [1.29, 1.82) is 0 Å². The molecule has 0 aliphatic rings. The molecule has 19 heavy (non-hydrogen) atoms. The quantitative estimate of drug-likeness (QED) is 0.796. The van der Waals surface area contributed by atoms with Crippen molar-refractivity contribution in [3.8, 4) is 0 Å². The molecule has 0 amide bonds. The first-order valence-corrected chi connectivity index (χ1v) is 6.37. The van der Waals surface area contributed by atoms with Crippen LogP contribution < -0.4 is 5.32 Å². The Morgan fingerprint density at radius 1 is 1.26 bits per heavy atom. The van der Waals surface area contributed by atoms with E-state index in [0.29, 0.717) is 6.54 Å². The molecule has 1 aromatic carbocycles. The van der Waals surface area contributed by atoms with E-state index in [2.05, 4.69) is 15.3 Å². The number of fused-ring (bicyclic) bond motifs is 1. The maximum atomic E-state index is 5.95. The molecular formula is C14H13ClN4. The first kappa shape index (κ1) is 12.0. The van der Waals surface area contributed by atoms with Crippen LogP contribution in [0.25, 0.3) is 11.2 Å². The molecule has 3 rings (SSSR count). The predicted molar refractivity (Wildman–Crippen MR) is 77.3 cm³/mol. The van der Waals surface area contributed by atoms with E-state index in [4.69, 9.17) is 11.6 Å². The summed E-state index contributed by atoms with van der Waals surface area (Å²) in [6, 6.07) is 11.5. The molecule has 5 heteroatoms. The van der Waals surface area contributed by atoms with Gasteiger partial charge >= 0.3 is 0 Å². The van der Waals surface area contributed by atoms with Crippen molar-refractivity contribution in [2.45, 2.75) is 6.54 Å². The second-order valence-electron chi connectivity index (χ2n) is 4.30. The van der Waals surface area contributed by atoms with E-state index < -0.39 is 0 Å². The van der Waals surface area contributed by atoms with Gasteiger partial charge in [0.15, 0.2) is 5.65 Å². The van der Waals surface area contributed by atoms with Gasteiger partial charge in [0.05, 0.1) is 6.54 Å². The summed E-state index contributed by atoms with van der Waals surface area (Å²) in [5.74, 6) is 0.939. The number of hydrogen-bond acceptors (Lipinski definition) is 3. The van der Waals surface area contributed by atoms with Crippen molar-refractivity contribution < 1.29 is 0 Å². The van der Waals surface area contributed by atoms with Crippen molar-refractivity contribution >= 4 is 28.5 Å².